The first-order valence-electron chi connectivity index (χ1n) is 8.99. The fraction of sp³-hybridized carbons (Fsp3) is 0.455. The van der Waals surface area contributed by atoms with Crippen LogP contribution in [0.5, 0.6) is 0 Å². The summed E-state index contributed by atoms with van der Waals surface area (Å²) in [7, 11) is 0. The van der Waals surface area contributed by atoms with Crippen LogP contribution in [0.25, 0.3) is 0 Å². The lowest BCUT2D eigenvalue weighted by Crippen LogP contribution is -2.18. The van der Waals surface area contributed by atoms with Gasteiger partial charge in [0.15, 0.2) is 0 Å². The zero-order valence-electron chi connectivity index (χ0n) is 14.7. The van der Waals surface area contributed by atoms with E-state index in [1.165, 1.54) is 36.8 Å². The highest BCUT2D eigenvalue weighted by molar-refractivity contribution is 9.12. The standard InChI is InChI=1S/C22H28Br2/c1-3-18(20-12-8-5-9-13-20)16-22(24)21(23)15-14-17(2)19-10-6-4-7-11-19/h4-13,17-18,21-22H,3,14-16H2,1-2H3. The molecule has 0 heterocycles. The van der Waals surface area contributed by atoms with Crippen molar-refractivity contribution in [2.75, 3.05) is 0 Å². The van der Waals surface area contributed by atoms with Gasteiger partial charge >= 0.3 is 0 Å². The van der Waals surface area contributed by atoms with Crippen molar-refractivity contribution in [1.29, 1.82) is 0 Å². The minimum atomic E-state index is 0.505. The summed E-state index contributed by atoms with van der Waals surface area (Å²) in [5.41, 5.74) is 2.90. The Hall–Kier alpha value is -0.600. The van der Waals surface area contributed by atoms with Gasteiger partial charge < -0.3 is 0 Å². The van der Waals surface area contributed by atoms with E-state index < -0.39 is 0 Å². The van der Waals surface area contributed by atoms with Crippen molar-refractivity contribution in [3.8, 4) is 0 Å². The van der Waals surface area contributed by atoms with E-state index in [-0.39, 0.29) is 0 Å². The minimum Gasteiger partial charge on any atom is -0.0879 e. The number of benzene rings is 2. The molecule has 0 nitrogen and oxygen atoms in total. The number of alkyl halides is 2. The maximum absolute atomic E-state index is 3.94. The van der Waals surface area contributed by atoms with Crippen molar-refractivity contribution in [1.82, 2.24) is 0 Å². The molecule has 130 valence electrons. The second-order valence-corrected chi connectivity index (χ2v) is 9.02. The zero-order chi connectivity index (χ0) is 17.4. The molecule has 0 radical (unpaired) electrons. The summed E-state index contributed by atoms with van der Waals surface area (Å²) < 4.78 is 0. The molecule has 0 spiro atoms. The Morgan fingerprint density at radius 2 is 1.29 bits per heavy atom. The van der Waals surface area contributed by atoms with Crippen LogP contribution in [-0.2, 0) is 0 Å². The number of halogens is 2. The van der Waals surface area contributed by atoms with Gasteiger partial charge in [0.2, 0.25) is 0 Å². The van der Waals surface area contributed by atoms with E-state index in [9.17, 15) is 0 Å². The summed E-state index contributed by atoms with van der Waals surface area (Å²) >= 11 is 7.87. The Labute approximate surface area is 164 Å². The average molecular weight is 452 g/mol. The summed E-state index contributed by atoms with van der Waals surface area (Å²) in [6, 6.07) is 21.7. The van der Waals surface area contributed by atoms with E-state index in [2.05, 4.69) is 106 Å². The molecule has 0 aliphatic carbocycles. The predicted octanol–water partition coefficient (Wildman–Crippen LogP) is 7.68. The molecule has 4 atom stereocenters. The lowest BCUT2D eigenvalue weighted by Gasteiger charge is -2.24. The van der Waals surface area contributed by atoms with Gasteiger partial charge in [0, 0.05) is 9.65 Å². The van der Waals surface area contributed by atoms with Gasteiger partial charge in [-0.1, -0.05) is 106 Å². The van der Waals surface area contributed by atoms with Crippen LogP contribution in [0.3, 0.4) is 0 Å². The lowest BCUT2D eigenvalue weighted by molar-refractivity contribution is 0.548. The minimum absolute atomic E-state index is 0.505. The van der Waals surface area contributed by atoms with Gasteiger partial charge in [-0.05, 0) is 48.6 Å². The third-order valence-electron chi connectivity index (χ3n) is 4.91. The molecule has 4 unspecified atom stereocenters. The second-order valence-electron chi connectivity index (χ2n) is 6.67. The molecule has 0 bridgehead atoms. The molecule has 0 saturated heterocycles. The highest BCUT2D eigenvalue weighted by Gasteiger charge is 2.21. The highest BCUT2D eigenvalue weighted by atomic mass is 79.9. The van der Waals surface area contributed by atoms with Crippen molar-refractivity contribution in [2.45, 2.75) is 61.0 Å². The fourth-order valence-electron chi connectivity index (χ4n) is 3.22. The molecular weight excluding hydrogens is 424 g/mol. The van der Waals surface area contributed by atoms with Crippen LogP contribution in [-0.4, -0.2) is 9.65 Å². The second kappa shape index (κ2) is 10.4. The maximum atomic E-state index is 3.94. The lowest BCUT2D eigenvalue weighted by atomic mass is 9.89. The molecule has 0 amide bonds. The molecule has 2 heteroatoms. The summed E-state index contributed by atoms with van der Waals surface area (Å²) in [5.74, 6) is 1.24. The predicted molar refractivity (Wildman–Crippen MR) is 114 cm³/mol. The molecule has 0 N–H and O–H groups in total. The SMILES string of the molecule is CCC(CC(Br)C(Br)CCC(C)c1ccccc1)c1ccccc1. The van der Waals surface area contributed by atoms with Crippen molar-refractivity contribution in [2.24, 2.45) is 0 Å². The van der Waals surface area contributed by atoms with Crippen LogP contribution >= 0.6 is 31.9 Å². The smallest absolute Gasteiger partial charge is 0.0276 e. The third kappa shape index (κ3) is 6.04. The Kier molecular flexibility index (Phi) is 8.55. The van der Waals surface area contributed by atoms with Crippen LogP contribution in [0, 0.1) is 0 Å². The summed E-state index contributed by atoms with van der Waals surface area (Å²) in [6.07, 6.45) is 4.77. The molecular formula is C22H28Br2. The van der Waals surface area contributed by atoms with Crippen molar-refractivity contribution >= 4 is 31.9 Å². The Morgan fingerprint density at radius 1 is 0.750 bits per heavy atom. The molecule has 2 aromatic carbocycles. The number of hydrogen-bond acceptors (Lipinski definition) is 0. The van der Waals surface area contributed by atoms with Crippen molar-refractivity contribution in [3.05, 3.63) is 71.8 Å². The Morgan fingerprint density at radius 3 is 1.83 bits per heavy atom. The van der Waals surface area contributed by atoms with E-state index in [1.807, 2.05) is 0 Å². The largest absolute Gasteiger partial charge is 0.0879 e. The molecule has 0 saturated carbocycles. The first kappa shape index (κ1) is 19.7. The normalized spacial score (nSPS) is 16.3. The first-order valence-corrected chi connectivity index (χ1v) is 10.8. The van der Waals surface area contributed by atoms with Crippen LogP contribution < -0.4 is 0 Å². The van der Waals surface area contributed by atoms with Crippen molar-refractivity contribution in [3.63, 3.8) is 0 Å². The Balaban J connectivity index is 1.84. The summed E-state index contributed by atoms with van der Waals surface area (Å²) in [4.78, 5) is 1.02. The molecule has 2 rings (SSSR count). The van der Waals surface area contributed by atoms with Gasteiger partial charge in [-0.2, -0.15) is 0 Å². The van der Waals surface area contributed by atoms with Crippen LogP contribution in [0.15, 0.2) is 60.7 Å². The number of rotatable bonds is 9. The van der Waals surface area contributed by atoms with Gasteiger partial charge in [-0.15, -0.1) is 0 Å². The third-order valence-corrected chi connectivity index (χ3v) is 7.73. The molecule has 0 aliphatic rings. The molecule has 2 aromatic rings. The van der Waals surface area contributed by atoms with E-state index in [0.717, 1.165) is 0 Å². The quantitative estimate of drug-likeness (QED) is 0.343. The molecule has 0 aromatic heterocycles. The first-order chi connectivity index (χ1) is 11.6. The van der Waals surface area contributed by atoms with Crippen LogP contribution in [0.2, 0.25) is 0 Å². The van der Waals surface area contributed by atoms with Gasteiger partial charge in [0.25, 0.3) is 0 Å². The summed E-state index contributed by atoms with van der Waals surface area (Å²) in [5, 5.41) is 0. The number of hydrogen-bond donors (Lipinski definition) is 0. The highest BCUT2D eigenvalue weighted by Crippen LogP contribution is 2.33. The topological polar surface area (TPSA) is 0 Å². The van der Waals surface area contributed by atoms with Gasteiger partial charge in [0.1, 0.15) is 0 Å². The molecule has 24 heavy (non-hydrogen) atoms. The van der Waals surface area contributed by atoms with Crippen LogP contribution in [0.1, 0.15) is 62.5 Å². The van der Waals surface area contributed by atoms with Crippen LogP contribution in [0.4, 0.5) is 0 Å². The Bertz CT molecular complexity index is 567. The monoisotopic (exact) mass is 450 g/mol. The summed E-state index contributed by atoms with van der Waals surface area (Å²) in [6.45, 7) is 4.62. The van der Waals surface area contributed by atoms with E-state index in [4.69, 9.17) is 0 Å². The van der Waals surface area contributed by atoms with Gasteiger partial charge in [-0.25, -0.2) is 0 Å². The van der Waals surface area contributed by atoms with Gasteiger partial charge in [0.05, 0.1) is 0 Å². The fourth-order valence-corrected chi connectivity index (χ4v) is 4.42. The maximum Gasteiger partial charge on any atom is 0.0276 e. The van der Waals surface area contributed by atoms with Gasteiger partial charge in [-0.3, -0.25) is 0 Å². The zero-order valence-corrected chi connectivity index (χ0v) is 17.8. The van der Waals surface area contributed by atoms with Crippen molar-refractivity contribution < 1.29 is 0 Å². The van der Waals surface area contributed by atoms with E-state index >= 15 is 0 Å². The average Bonchev–Trinajstić information content (AvgIpc) is 2.65. The van der Waals surface area contributed by atoms with E-state index in [0.29, 0.717) is 21.5 Å². The molecule has 0 fully saturated rings. The van der Waals surface area contributed by atoms with E-state index in [1.54, 1.807) is 0 Å². The molecule has 0 aliphatic heterocycles.